The van der Waals surface area contributed by atoms with E-state index in [0.717, 1.165) is 10.7 Å². The molecule has 0 bridgehead atoms. The van der Waals surface area contributed by atoms with Crippen LogP contribution in [0.25, 0.3) is 0 Å². The third-order valence-electron chi connectivity index (χ3n) is 2.66. The first-order valence-electron chi connectivity index (χ1n) is 6.00. The zero-order chi connectivity index (χ0) is 15.6. The normalized spacial score (nSPS) is 11.7. The van der Waals surface area contributed by atoms with Crippen LogP contribution in [0.2, 0.25) is 0 Å². The van der Waals surface area contributed by atoms with Crippen LogP contribution in [-0.4, -0.2) is 41.2 Å². The lowest BCUT2D eigenvalue weighted by molar-refractivity contribution is 0.0686. The smallest absolute Gasteiger partial charge is 0.357 e. The summed E-state index contributed by atoms with van der Waals surface area (Å²) in [5.74, 6) is -1.39. The lowest BCUT2D eigenvalue weighted by atomic mass is 10.4. The Bertz CT molecular complexity index is 763. The maximum absolute atomic E-state index is 12.2. The molecule has 10 heteroatoms. The van der Waals surface area contributed by atoms with Crippen molar-refractivity contribution in [2.75, 3.05) is 6.54 Å². The average molecular weight is 330 g/mol. The van der Waals surface area contributed by atoms with E-state index >= 15 is 0 Å². The summed E-state index contributed by atoms with van der Waals surface area (Å²) < 4.78 is 26.7. The molecule has 0 fully saturated rings. The topological polar surface area (TPSA) is 125 Å². The fraction of sp³-hybridized carbons (Fsp3) is 0.364. The maximum atomic E-state index is 12.2. The summed E-state index contributed by atoms with van der Waals surface area (Å²) >= 11 is 1.45. The second kappa shape index (κ2) is 5.92. The Morgan fingerprint density at radius 2 is 2.19 bits per heavy atom. The molecule has 0 amide bonds. The number of nitrogens with zero attached hydrogens (tertiary/aromatic N) is 2. The SMILES string of the molecule is Cc1csc(CCNS(=O)(=O)c2c(C(=O)O)n[nH]c2C)n1. The van der Waals surface area contributed by atoms with Crippen LogP contribution < -0.4 is 4.72 Å². The third kappa shape index (κ3) is 3.46. The van der Waals surface area contributed by atoms with Gasteiger partial charge in [-0.1, -0.05) is 0 Å². The van der Waals surface area contributed by atoms with E-state index in [-0.39, 0.29) is 17.1 Å². The van der Waals surface area contributed by atoms with Gasteiger partial charge in [-0.2, -0.15) is 5.10 Å². The number of sulfonamides is 1. The molecule has 0 saturated carbocycles. The Morgan fingerprint density at radius 3 is 2.76 bits per heavy atom. The number of H-pyrrole nitrogens is 1. The van der Waals surface area contributed by atoms with Crippen molar-refractivity contribution in [2.45, 2.75) is 25.2 Å². The summed E-state index contributed by atoms with van der Waals surface area (Å²) in [5.41, 5.74) is 0.562. The van der Waals surface area contributed by atoms with Crippen LogP contribution in [0.3, 0.4) is 0 Å². The molecule has 0 atom stereocenters. The first-order chi connectivity index (χ1) is 9.81. The highest BCUT2D eigenvalue weighted by molar-refractivity contribution is 7.89. The van der Waals surface area contributed by atoms with E-state index in [9.17, 15) is 13.2 Å². The number of aromatic amines is 1. The zero-order valence-electron chi connectivity index (χ0n) is 11.4. The number of nitrogens with one attached hydrogen (secondary N) is 2. The molecule has 0 aliphatic heterocycles. The Kier molecular flexibility index (Phi) is 4.40. The van der Waals surface area contributed by atoms with Gasteiger partial charge in [0.2, 0.25) is 10.0 Å². The van der Waals surface area contributed by atoms with E-state index in [1.165, 1.54) is 18.3 Å². The molecular weight excluding hydrogens is 316 g/mol. The predicted octanol–water partition coefficient (Wildman–Crippen LogP) is 0.702. The van der Waals surface area contributed by atoms with E-state index in [0.29, 0.717) is 6.42 Å². The molecule has 2 aromatic heterocycles. The lowest BCUT2D eigenvalue weighted by Crippen LogP contribution is -2.27. The Balaban J connectivity index is 2.12. The standard InChI is InChI=1S/C11H14N4O4S2/c1-6-5-20-8(13-6)3-4-12-21(18,19)10-7(2)14-15-9(10)11(16)17/h5,12H,3-4H2,1-2H3,(H,14,15)(H,16,17). The fourth-order valence-corrected chi connectivity index (χ4v) is 3.90. The van der Waals surface area contributed by atoms with Crippen LogP contribution in [0.15, 0.2) is 10.3 Å². The minimum atomic E-state index is -3.93. The lowest BCUT2D eigenvalue weighted by Gasteiger charge is -2.05. The van der Waals surface area contributed by atoms with E-state index in [2.05, 4.69) is 19.9 Å². The summed E-state index contributed by atoms with van der Waals surface area (Å²) in [5, 5.41) is 17.5. The predicted molar refractivity (Wildman–Crippen MR) is 76.0 cm³/mol. The number of aryl methyl sites for hydroxylation is 2. The zero-order valence-corrected chi connectivity index (χ0v) is 13.0. The van der Waals surface area contributed by atoms with Crippen LogP contribution in [-0.2, 0) is 16.4 Å². The van der Waals surface area contributed by atoms with Crippen molar-refractivity contribution in [1.82, 2.24) is 19.9 Å². The molecule has 0 spiro atoms. The number of hydrogen-bond acceptors (Lipinski definition) is 6. The molecule has 0 aliphatic rings. The number of hydrogen-bond donors (Lipinski definition) is 3. The molecule has 0 saturated heterocycles. The summed E-state index contributed by atoms with van der Waals surface area (Å²) in [7, 11) is -3.93. The fourth-order valence-electron chi connectivity index (χ4n) is 1.77. The molecule has 8 nitrogen and oxygen atoms in total. The Hall–Kier alpha value is -1.78. The van der Waals surface area contributed by atoms with Crippen molar-refractivity contribution in [3.8, 4) is 0 Å². The van der Waals surface area contributed by atoms with Crippen molar-refractivity contribution in [1.29, 1.82) is 0 Å². The number of carboxylic acids is 1. The average Bonchev–Trinajstić information content (AvgIpc) is 2.95. The molecule has 2 heterocycles. The molecule has 0 unspecified atom stereocenters. The molecule has 21 heavy (non-hydrogen) atoms. The number of thiazole rings is 1. The van der Waals surface area contributed by atoms with Crippen LogP contribution in [0.1, 0.15) is 26.9 Å². The van der Waals surface area contributed by atoms with Gasteiger partial charge in [-0.25, -0.2) is 22.9 Å². The van der Waals surface area contributed by atoms with Crippen molar-refractivity contribution >= 4 is 27.3 Å². The molecule has 3 N–H and O–H groups in total. The second-order valence-corrected chi connectivity index (χ2v) is 7.01. The summed E-state index contributed by atoms with van der Waals surface area (Å²) in [4.78, 5) is 14.9. The van der Waals surface area contributed by atoms with Gasteiger partial charge in [-0.3, -0.25) is 5.10 Å². The quantitative estimate of drug-likeness (QED) is 0.716. The molecule has 0 aromatic carbocycles. The minimum absolute atomic E-state index is 0.138. The molecule has 114 valence electrons. The summed E-state index contributed by atoms with van der Waals surface area (Å²) in [6, 6.07) is 0. The highest BCUT2D eigenvalue weighted by atomic mass is 32.2. The summed E-state index contributed by atoms with van der Waals surface area (Å²) in [6.45, 7) is 3.45. The number of aromatic nitrogens is 3. The Labute approximate surface area is 125 Å². The van der Waals surface area contributed by atoms with Crippen LogP contribution >= 0.6 is 11.3 Å². The van der Waals surface area contributed by atoms with Gasteiger partial charge in [0.25, 0.3) is 0 Å². The van der Waals surface area contributed by atoms with Crippen LogP contribution in [0.4, 0.5) is 0 Å². The van der Waals surface area contributed by atoms with E-state index in [1.807, 2.05) is 12.3 Å². The van der Waals surface area contributed by atoms with Gasteiger partial charge < -0.3 is 5.11 Å². The maximum Gasteiger partial charge on any atom is 0.357 e. The first-order valence-corrected chi connectivity index (χ1v) is 8.36. The van der Waals surface area contributed by atoms with Crippen molar-refractivity contribution in [3.05, 3.63) is 27.5 Å². The largest absolute Gasteiger partial charge is 0.476 e. The first kappa shape index (κ1) is 15.6. The number of carboxylic acid groups (broad SMARTS) is 1. The van der Waals surface area contributed by atoms with Gasteiger partial charge in [-0.15, -0.1) is 11.3 Å². The molecule has 0 aliphatic carbocycles. The van der Waals surface area contributed by atoms with Gasteiger partial charge in [0, 0.05) is 24.0 Å². The van der Waals surface area contributed by atoms with Crippen molar-refractivity contribution < 1.29 is 18.3 Å². The van der Waals surface area contributed by atoms with Gasteiger partial charge in [-0.05, 0) is 13.8 Å². The Morgan fingerprint density at radius 1 is 1.48 bits per heavy atom. The third-order valence-corrected chi connectivity index (χ3v) is 5.31. The van der Waals surface area contributed by atoms with Gasteiger partial charge >= 0.3 is 5.97 Å². The van der Waals surface area contributed by atoms with Crippen LogP contribution in [0, 0.1) is 13.8 Å². The van der Waals surface area contributed by atoms with Crippen molar-refractivity contribution in [3.63, 3.8) is 0 Å². The van der Waals surface area contributed by atoms with Gasteiger partial charge in [0.05, 0.1) is 10.7 Å². The molecule has 2 aromatic rings. The second-order valence-electron chi connectivity index (χ2n) is 4.36. The molecule has 0 radical (unpaired) electrons. The van der Waals surface area contributed by atoms with Crippen LogP contribution in [0.5, 0.6) is 0 Å². The van der Waals surface area contributed by atoms with Crippen molar-refractivity contribution in [2.24, 2.45) is 0 Å². The van der Waals surface area contributed by atoms with Gasteiger partial charge in [0.15, 0.2) is 5.69 Å². The van der Waals surface area contributed by atoms with Gasteiger partial charge in [0.1, 0.15) is 4.90 Å². The van der Waals surface area contributed by atoms with E-state index < -0.39 is 21.7 Å². The highest BCUT2D eigenvalue weighted by Gasteiger charge is 2.27. The van der Waals surface area contributed by atoms with E-state index in [1.54, 1.807) is 0 Å². The monoisotopic (exact) mass is 330 g/mol. The molecular formula is C11H14N4O4S2. The van der Waals surface area contributed by atoms with E-state index in [4.69, 9.17) is 5.11 Å². The minimum Gasteiger partial charge on any atom is -0.476 e. The number of carbonyl (C=O) groups is 1. The summed E-state index contributed by atoms with van der Waals surface area (Å²) in [6.07, 6.45) is 0.442. The highest BCUT2D eigenvalue weighted by Crippen LogP contribution is 2.17. The number of rotatable bonds is 6. The molecule has 2 rings (SSSR count). The number of aromatic carboxylic acids is 1.